The van der Waals surface area contributed by atoms with Crippen LogP contribution in [-0.2, 0) is 25.0 Å². The zero-order valence-corrected chi connectivity index (χ0v) is 25.5. The molecule has 8 nitrogen and oxygen atoms in total. The highest BCUT2D eigenvalue weighted by Crippen LogP contribution is 2.29. The molecule has 0 radical (unpaired) electrons. The Morgan fingerprint density at radius 1 is 0.946 bits per heavy atom. The molecule has 0 bridgehead atoms. The fraction of sp³-hybridized carbons (Fsp3) is 0.643. The van der Waals surface area contributed by atoms with Crippen molar-refractivity contribution in [3.8, 4) is 0 Å². The van der Waals surface area contributed by atoms with Crippen LogP contribution < -0.4 is 10.6 Å². The molecule has 0 heterocycles. The van der Waals surface area contributed by atoms with Gasteiger partial charge in [0.2, 0.25) is 21.8 Å². The molecule has 1 aromatic rings. The van der Waals surface area contributed by atoms with Gasteiger partial charge in [-0.2, -0.15) is 0 Å². The van der Waals surface area contributed by atoms with Crippen LogP contribution in [0.2, 0.25) is 0 Å². The molecule has 9 heteroatoms. The molecule has 0 aromatic heterocycles. The summed E-state index contributed by atoms with van der Waals surface area (Å²) in [4.78, 5) is 29.2. The van der Waals surface area contributed by atoms with E-state index in [2.05, 4.69) is 10.6 Å². The number of amides is 2. The van der Waals surface area contributed by atoms with E-state index in [1.807, 2.05) is 78.8 Å². The van der Waals surface area contributed by atoms with Gasteiger partial charge in [-0.3, -0.25) is 9.59 Å². The van der Waals surface area contributed by atoms with Crippen molar-refractivity contribution in [1.29, 1.82) is 0 Å². The van der Waals surface area contributed by atoms with Gasteiger partial charge in [-0.15, -0.1) is 0 Å². The summed E-state index contributed by atoms with van der Waals surface area (Å²) in [5.41, 5.74) is -0.132. The third kappa shape index (κ3) is 7.88. The molecule has 37 heavy (non-hydrogen) atoms. The van der Waals surface area contributed by atoms with Crippen LogP contribution in [0.15, 0.2) is 41.3 Å². The van der Waals surface area contributed by atoms with Gasteiger partial charge in [-0.25, -0.2) is 12.7 Å². The lowest BCUT2D eigenvalue weighted by atomic mass is 9.76. The lowest BCUT2D eigenvalue weighted by Crippen LogP contribution is -2.61. The number of sulfonamides is 1. The van der Waals surface area contributed by atoms with E-state index >= 15 is 0 Å². The number of benzene rings is 1. The number of nitrogens with zero attached hydrogens (tertiary/aromatic N) is 2. The zero-order chi connectivity index (χ0) is 28.9. The Labute approximate surface area is 224 Å². The zero-order valence-electron chi connectivity index (χ0n) is 24.7. The second kappa shape index (κ2) is 12.5. The van der Waals surface area contributed by atoms with Crippen molar-refractivity contribution in [3.63, 3.8) is 0 Å². The Balaban J connectivity index is 3.36. The number of carbonyl (C=O) groups excluding carboxylic acids is 2. The maximum absolute atomic E-state index is 13.9. The van der Waals surface area contributed by atoms with Crippen LogP contribution in [0.25, 0.3) is 0 Å². The Morgan fingerprint density at radius 2 is 1.46 bits per heavy atom. The molecule has 0 spiro atoms. The number of likely N-dealkylation sites (N-methyl/N-ethyl adjacent to an activating group) is 2. The topological polar surface area (TPSA) is 98.8 Å². The van der Waals surface area contributed by atoms with Crippen LogP contribution in [0, 0.1) is 11.3 Å². The van der Waals surface area contributed by atoms with Crippen molar-refractivity contribution < 1.29 is 18.0 Å². The summed E-state index contributed by atoms with van der Waals surface area (Å²) >= 11 is 0. The van der Waals surface area contributed by atoms with E-state index in [9.17, 15) is 18.0 Å². The third-order valence-electron chi connectivity index (χ3n) is 6.96. The fourth-order valence-corrected chi connectivity index (χ4v) is 5.33. The Morgan fingerprint density at radius 3 is 1.86 bits per heavy atom. The van der Waals surface area contributed by atoms with Gasteiger partial charge in [0.05, 0.1) is 17.0 Å². The molecular formula is C28H48N4O4S. The van der Waals surface area contributed by atoms with E-state index in [4.69, 9.17) is 0 Å². The number of nitrogens with one attached hydrogen (secondary N) is 2. The van der Waals surface area contributed by atoms with Crippen molar-refractivity contribution in [3.05, 3.63) is 46.9 Å². The van der Waals surface area contributed by atoms with Crippen LogP contribution in [0.5, 0.6) is 0 Å². The van der Waals surface area contributed by atoms with Gasteiger partial charge in [-0.1, -0.05) is 78.8 Å². The highest BCUT2D eigenvalue weighted by atomic mass is 32.2. The van der Waals surface area contributed by atoms with Gasteiger partial charge in [0.25, 0.3) is 0 Å². The van der Waals surface area contributed by atoms with Crippen molar-refractivity contribution in [2.45, 2.75) is 78.9 Å². The van der Waals surface area contributed by atoms with Crippen molar-refractivity contribution in [2.24, 2.45) is 11.3 Å². The summed E-state index contributed by atoms with van der Waals surface area (Å²) in [5, 5.41) is 6.16. The summed E-state index contributed by atoms with van der Waals surface area (Å²) in [7, 11) is 2.74. The fourth-order valence-electron chi connectivity index (χ4n) is 4.44. The number of rotatable bonds is 11. The van der Waals surface area contributed by atoms with E-state index < -0.39 is 39.0 Å². The molecule has 1 aromatic carbocycles. The summed E-state index contributed by atoms with van der Waals surface area (Å²) in [6, 6.07) is 7.89. The second-order valence-electron chi connectivity index (χ2n) is 11.9. The van der Waals surface area contributed by atoms with Gasteiger partial charge < -0.3 is 15.5 Å². The molecule has 3 atom stereocenters. The molecule has 0 aliphatic rings. The summed E-state index contributed by atoms with van der Waals surface area (Å²) < 4.78 is 26.4. The van der Waals surface area contributed by atoms with Crippen molar-refractivity contribution >= 4 is 21.8 Å². The minimum absolute atomic E-state index is 0.0559. The molecule has 1 rings (SSSR count). The lowest BCUT2D eigenvalue weighted by Gasteiger charge is -2.40. The van der Waals surface area contributed by atoms with Gasteiger partial charge in [-0.05, 0) is 36.9 Å². The van der Waals surface area contributed by atoms with Crippen molar-refractivity contribution in [2.75, 3.05) is 28.2 Å². The summed E-state index contributed by atoms with van der Waals surface area (Å²) in [5.74, 6) is -0.612. The second-order valence-corrected chi connectivity index (χ2v) is 14.2. The van der Waals surface area contributed by atoms with Crippen molar-refractivity contribution in [1.82, 2.24) is 19.8 Å². The average molecular weight is 537 g/mol. The normalized spacial score (nSPS) is 15.9. The molecule has 210 valence electrons. The van der Waals surface area contributed by atoms with Gasteiger partial charge in [0.1, 0.15) is 6.04 Å². The predicted molar refractivity (Wildman–Crippen MR) is 151 cm³/mol. The molecule has 0 saturated heterocycles. The molecule has 2 amide bonds. The summed E-state index contributed by atoms with van der Waals surface area (Å²) in [6.07, 6.45) is 1.62. The first kappa shape index (κ1) is 32.8. The third-order valence-corrected chi connectivity index (χ3v) is 8.87. The SMILES string of the molecule is CN[C@H](C(=O)N[C@H](C(=O)N(C)[C@H](C=C(C)S(=O)(=O)N(C)C)C(C)C)C(C)(C)C)C(C)(C)c1ccccc1. The van der Waals surface area contributed by atoms with Crippen LogP contribution >= 0.6 is 0 Å². The van der Waals surface area contributed by atoms with Crippen LogP contribution in [0.1, 0.15) is 61.0 Å². The Bertz CT molecular complexity index is 1060. The van der Waals surface area contributed by atoms with Crippen LogP contribution in [-0.4, -0.2) is 75.8 Å². The maximum atomic E-state index is 13.9. The van der Waals surface area contributed by atoms with E-state index in [-0.39, 0.29) is 22.6 Å². The number of hydrogen-bond donors (Lipinski definition) is 2. The standard InChI is InChI=1S/C28H48N4O4S/c1-19(2)22(18-20(3)37(35,36)31(10)11)32(12)26(34)24(27(4,5)6)30-25(33)23(29-9)28(7,8)21-16-14-13-15-17-21/h13-19,22-24,29H,1-12H3,(H,30,33)/t22-,23-,24-/m1/s1. The number of hydrogen-bond acceptors (Lipinski definition) is 5. The van der Waals surface area contributed by atoms with E-state index in [1.165, 1.54) is 21.0 Å². The molecule has 0 unspecified atom stereocenters. The highest BCUT2D eigenvalue weighted by Gasteiger charge is 2.41. The first-order valence-corrected chi connectivity index (χ1v) is 14.1. The van der Waals surface area contributed by atoms with Gasteiger partial charge >= 0.3 is 0 Å². The molecule has 0 fully saturated rings. The molecule has 0 aliphatic carbocycles. The largest absolute Gasteiger partial charge is 0.342 e. The highest BCUT2D eigenvalue weighted by molar-refractivity contribution is 7.92. The van der Waals surface area contributed by atoms with E-state index in [0.29, 0.717) is 0 Å². The summed E-state index contributed by atoms with van der Waals surface area (Å²) in [6.45, 7) is 15.1. The molecule has 0 aliphatic heterocycles. The minimum atomic E-state index is -3.61. The van der Waals surface area contributed by atoms with E-state index in [0.717, 1.165) is 9.87 Å². The Hall–Kier alpha value is -2.23. The number of allylic oxidation sites excluding steroid dienone is 1. The predicted octanol–water partition coefficient (Wildman–Crippen LogP) is 3.36. The quantitative estimate of drug-likeness (QED) is 0.452. The molecule has 0 saturated carbocycles. The molecular weight excluding hydrogens is 488 g/mol. The average Bonchev–Trinajstić information content (AvgIpc) is 2.79. The lowest BCUT2D eigenvalue weighted by molar-refractivity contribution is -0.140. The van der Waals surface area contributed by atoms with Crippen LogP contribution in [0.4, 0.5) is 0 Å². The smallest absolute Gasteiger partial charge is 0.245 e. The van der Waals surface area contributed by atoms with Gasteiger partial charge in [0, 0.05) is 26.6 Å². The van der Waals surface area contributed by atoms with Gasteiger partial charge in [0.15, 0.2) is 0 Å². The first-order valence-electron chi connectivity index (χ1n) is 12.7. The minimum Gasteiger partial charge on any atom is -0.342 e. The maximum Gasteiger partial charge on any atom is 0.245 e. The first-order chi connectivity index (χ1) is 16.8. The number of carbonyl (C=O) groups is 2. The Kier molecular flexibility index (Phi) is 11.1. The van der Waals surface area contributed by atoms with E-state index in [1.54, 1.807) is 25.1 Å². The molecule has 2 N–H and O–H groups in total. The van der Waals surface area contributed by atoms with Crippen LogP contribution in [0.3, 0.4) is 0 Å². The monoisotopic (exact) mass is 536 g/mol.